The smallest absolute Gasteiger partial charge is 0.320 e. The van der Waals surface area contributed by atoms with Crippen molar-refractivity contribution in [3.8, 4) is 0 Å². The zero-order valence-electron chi connectivity index (χ0n) is 15.9. The van der Waals surface area contributed by atoms with E-state index in [0.717, 1.165) is 58.5 Å². The summed E-state index contributed by atoms with van der Waals surface area (Å²) in [6.45, 7) is 5.39. The Balaban J connectivity index is 0.00000140. The van der Waals surface area contributed by atoms with Crippen molar-refractivity contribution in [3.05, 3.63) is 0 Å². The van der Waals surface area contributed by atoms with Crippen molar-refractivity contribution in [2.75, 3.05) is 39.3 Å². The minimum absolute atomic E-state index is 0. The summed E-state index contributed by atoms with van der Waals surface area (Å²) in [6.07, 6.45) is 4.46. The molecule has 0 spiro atoms. The van der Waals surface area contributed by atoms with Crippen molar-refractivity contribution in [3.63, 3.8) is 0 Å². The van der Waals surface area contributed by atoms with Crippen LogP contribution in [0.5, 0.6) is 0 Å². The third-order valence-corrected chi connectivity index (χ3v) is 6.92. The molecule has 0 radical (unpaired) electrons. The maximum Gasteiger partial charge on any atom is 0.320 e. The first-order valence-electron chi connectivity index (χ1n) is 9.81. The van der Waals surface area contributed by atoms with Crippen LogP contribution >= 0.6 is 24.8 Å². The van der Waals surface area contributed by atoms with E-state index in [1.807, 2.05) is 5.01 Å². The molecule has 10 heteroatoms. The number of hydrogen-bond acceptors (Lipinski definition) is 7. The fraction of sp³-hybridized carbons (Fsp3) is 0.833. The molecule has 3 N–H and O–H groups in total. The number of carboxylic acid groups (broad SMARTS) is 1. The van der Waals surface area contributed by atoms with Gasteiger partial charge in [0.05, 0.1) is 0 Å². The summed E-state index contributed by atoms with van der Waals surface area (Å²) in [7, 11) is 0. The molecule has 2 saturated heterocycles. The number of nitrogens with one attached hydrogen (secondary N) is 2. The lowest BCUT2D eigenvalue weighted by Crippen LogP contribution is -2.84. The average molecular weight is 437 g/mol. The molecular formula is C18H30Cl2N4O4. The third kappa shape index (κ3) is 3.38. The first-order valence-corrected chi connectivity index (χ1v) is 9.81. The quantitative estimate of drug-likeness (QED) is 0.425. The largest absolute Gasteiger partial charge is 0.480 e. The lowest BCUT2D eigenvalue weighted by atomic mass is 9.47. The van der Waals surface area contributed by atoms with Crippen LogP contribution in [0.25, 0.3) is 0 Å². The summed E-state index contributed by atoms with van der Waals surface area (Å²) in [5.41, 5.74) is 0.448. The number of halogens is 2. The average Bonchev–Trinajstić information content (AvgIpc) is 2.68. The molecule has 2 atom stereocenters. The van der Waals surface area contributed by atoms with Crippen molar-refractivity contribution in [2.45, 2.75) is 50.1 Å². The highest BCUT2D eigenvalue weighted by molar-refractivity contribution is 6.55. The van der Waals surface area contributed by atoms with Crippen LogP contribution in [0.1, 0.15) is 38.5 Å². The molecule has 0 unspecified atom stereocenters. The topological polar surface area (TPSA) is 102 Å². The van der Waals surface area contributed by atoms with Gasteiger partial charge in [0, 0.05) is 32.2 Å². The zero-order chi connectivity index (χ0) is 18.4. The number of nitrogens with zero attached hydrogens (tertiary/aromatic N) is 2. The Hall–Kier alpha value is -0.770. The SMILES string of the molecule is Cl.Cl.O=C(O)[C@]12CCCC[C@]1(NN1CCN(C3CCNCC3)CC1)C(=O)C2=O. The van der Waals surface area contributed by atoms with Gasteiger partial charge in [0.1, 0.15) is 5.54 Å². The standard InChI is InChI=1S/C18H28N4O4.2ClH/c23-14-15(24)18(6-2-1-5-17(14,18)16(25)26)20-22-11-9-21(10-12-22)13-3-7-19-8-4-13;;/h13,19-20H,1-12H2,(H,25,26);2*1H/t17-,18+;;/m1../s1. The van der Waals surface area contributed by atoms with E-state index in [1.165, 1.54) is 0 Å². The maximum absolute atomic E-state index is 12.5. The van der Waals surface area contributed by atoms with Gasteiger partial charge in [0.15, 0.2) is 5.41 Å². The van der Waals surface area contributed by atoms with Crippen molar-refractivity contribution in [1.82, 2.24) is 20.7 Å². The lowest BCUT2D eigenvalue weighted by Gasteiger charge is -2.57. The van der Waals surface area contributed by atoms with E-state index in [2.05, 4.69) is 15.6 Å². The number of aliphatic carboxylic acids is 1. The molecule has 2 heterocycles. The van der Waals surface area contributed by atoms with Crippen LogP contribution in [0.3, 0.4) is 0 Å². The molecule has 2 aliphatic carbocycles. The number of piperazine rings is 1. The first-order chi connectivity index (χ1) is 12.5. The number of rotatable bonds is 4. The van der Waals surface area contributed by atoms with Crippen molar-refractivity contribution < 1.29 is 19.5 Å². The highest BCUT2D eigenvalue weighted by Gasteiger charge is 2.77. The first kappa shape index (κ1) is 23.5. The van der Waals surface area contributed by atoms with Gasteiger partial charge in [-0.25, -0.2) is 10.4 Å². The van der Waals surface area contributed by atoms with E-state index in [1.54, 1.807) is 0 Å². The van der Waals surface area contributed by atoms with Gasteiger partial charge in [-0.05, 0) is 38.8 Å². The lowest BCUT2D eigenvalue weighted by molar-refractivity contribution is -0.189. The van der Waals surface area contributed by atoms with Crippen LogP contribution in [0.2, 0.25) is 0 Å². The number of ketones is 2. The second-order valence-electron chi connectivity index (χ2n) is 8.10. The molecule has 0 aromatic heterocycles. The Morgan fingerprint density at radius 1 is 1.00 bits per heavy atom. The zero-order valence-corrected chi connectivity index (χ0v) is 17.6. The van der Waals surface area contributed by atoms with E-state index < -0.39 is 28.5 Å². The predicted octanol–water partition coefficient (Wildman–Crippen LogP) is 0.240. The summed E-state index contributed by atoms with van der Waals surface area (Å²) in [4.78, 5) is 39.2. The minimum Gasteiger partial charge on any atom is -0.480 e. The number of piperidine rings is 1. The van der Waals surface area contributed by atoms with Gasteiger partial charge in [-0.1, -0.05) is 12.8 Å². The Kier molecular flexibility index (Phi) is 7.50. The van der Waals surface area contributed by atoms with E-state index in [4.69, 9.17) is 0 Å². The number of fused-ring (bicyclic) bond motifs is 1. The normalized spacial score (nSPS) is 34.6. The molecule has 0 aromatic rings. The molecule has 160 valence electrons. The molecule has 4 aliphatic rings. The van der Waals surface area contributed by atoms with E-state index in [9.17, 15) is 19.5 Å². The molecule has 28 heavy (non-hydrogen) atoms. The predicted molar refractivity (Wildman–Crippen MR) is 108 cm³/mol. The number of Topliss-reactive ketones (excluding diaryl/α,β-unsaturated/α-hetero) is 2. The molecule has 2 saturated carbocycles. The van der Waals surface area contributed by atoms with Crippen LogP contribution in [0.4, 0.5) is 0 Å². The Bertz CT molecular complexity index is 623. The van der Waals surface area contributed by atoms with Crippen LogP contribution < -0.4 is 10.7 Å². The van der Waals surface area contributed by atoms with Crippen LogP contribution in [0.15, 0.2) is 0 Å². The Morgan fingerprint density at radius 3 is 2.21 bits per heavy atom. The number of carboxylic acids is 1. The monoisotopic (exact) mass is 436 g/mol. The van der Waals surface area contributed by atoms with Gasteiger partial charge < -0.3 is 10.4 Å². The fourth-order valence-corrected chi connectivity index (χ4v) is 5.38. The van der Waals surface area contributed by atoms with Gasteiger partial charge in [-0.15, -0.1) is 24.8 Å². The molecule has 2 aliphatic heterocycles. The summed E-state index contributed by atoms with van der Waals surface area (Å²) in [5, 5.41) is 15.1. The molecule has 4 fully saturated rings. The fourth-order valence-electron chi connectivity index (χ4n) is 5.38. The van der Waals surface area contributed by atoms with Gasteiger partial charge in [0.2, 0.25) is 11.6 Å². The van der Waals surface area contributed by atoms with Gasteiger partial charge in [-0.3, -0.25) is 19.3 Å². The van der Waals surface area contributed by atoms with E-state index >= 15 is 0 Å². The van der Waals surface area contributed by atoms with Crippen molar-refractivity contribution >= 4 is 42.3 Å². The van der Waals surface area contributed by atoms with E-state index in [-0.39, 0.29) is 31.2 Å². The highest BCUT2D eigenvalue weighted by atomic mass is 35.5. The summed E-state index contributed by atoms with van der Waals surface area (Å²) in [5.74, 6) is -2.41. The highest BCUT2D eigenvalue weighted by Crippen LogP contribution is 2.54. The summed E-state index contributed by atoms with van der Waals surface area (Å²) >= 11 is 0. The van der Waals surface area contributed by atoms with Gasteiger partial charge in [-0.2, -0.15) is 0 Å². The van der Waals surface area contributed by atoms with Gasteiger partial charge >= 0.3 is 5.97 Å². The summed E-state index contributed by atoms with van der Waals surface area (Å²) in [6, 6.07) is 0.608. The van der Waals surface area contributed by atoms with Crippen molar-refractivity contribution in [2.24, 2.45) is 5.41 Å². The molecular weight excluding hydrogens is 407 g/mol. The number of carbonyl (C=O) groups is 3. The summed E-state index contributed by atoms with van der Waals surface area (Å²) < 4.78 is 0. The molecule has 0 aromatic carbocycles. The van der Waals surface area contributed by atoms with Crippen LogP contribution in [0, 0.1) is 5.41 Å². The third-order valence-electron chi connectivity index (χ3n) is 6.92. The Morgan fingerprint density at radius 2 is 1.61 bits per heavy atom. The molecule has 0 bridgehead atoms. The van der Waals surface area contributed by atoms with Crippen molar-refractivity contribution in [1.29, 1.82) is 0 Å². The molecule has 4 rings (SSSR count). The minimum atomic E-state index is -1.56. The maximum atomic E-state index is 12.5. The van der Waals surface area contributed by atoms with Crippen LogP contribution in [-0.4, -0.2) is 83.4 Å². The second-order valence-corrected chi connectivity index (χ2v) is 8.10. The number of hydrogen-bond donors (Lipinski definition) is 3. The molecule has 0 amide bonds. The van der Waals surface area contributed by atoms with E-state index in [0.29, 0.717) is 18.9 Å². The number of carbonyl (C=O) groups excluding carboxylic acids is 2. The number of hydrazine groups is 1. The van der Waals surface area contributed by atoms with Crippen LogP contribution in [-0.2, 0) is 14.4 Å². The Labute approximate surface area is 177 Å². The molecule has 8 nitrogen and oxygen atoms in total. The van der Waals surface area contributed by atoms with Gasteiger partial charge in [0.25, 0.3) is 0 Å². The second kappa shape index (κ2) is 8.93.